The van der Waals surface area contributed by atoms with Crippen molar-refractivity contribution in [1.29, 1.82) is 0 Å². The Morgan fingerprint density at radius 1 is 1.17 bits per heavy atom. The molecule has 24 heavy (non-hydrogen) atoms. The number of carbonyl (C=O) groups excluding carboxylic acids is 1. The largest absolute Gasteiger partial charge is 0.352 e. The smallest absolute Gasteiger partial charge is 0.223 e. The summed E-state index contributed by atoms with van der Waals surface area (Å²) in [6.07, 6.45) is 4.54. The summed E-state index contributed by atoms with van der Waals surface area (Å²) in [4.78, 5) is 14.8. The number of piperidine rings is 2. The average Bonchev–Trinajstić information content (AvgIpc) is 2.63. The van der Waals surface area contributed by atoms with E-state index in [4.69, 9.17) is 0 Å². The molecule has 2 aliphatic heterocycles. The Morgan fingerprint density at radius 3 is 2.62 bits per heavy atom. The Morgan fingerprint density at radius 2 is 1.88 bits per heavy atom. The fourth-order valence-corrected chi connectivity index (χ4v) is 3.73. The quantitative estimate of drug-likeness (QED) is 0.872. The number of nitrogens with one attached hydrogen (secondary N) is 2. The molecule has 132 valence electrons. The molecule has 2 N–H and O–H groups in total. The number of hydrogen-bond donors (Lipinski definition) is 2. The number of amides is 1. The molecule has 1 aromatic carbocycles. The molecule has 0 aromatic heterocycles. The summed E-state index contributed by atoms with van der Waals surface area (Å²) in [6.45, 7) is 8.36. The van der Waals surface area contributed by atoms with Crippen molar-refractivity contribution in [3.8, 4) is 0 Å². The summed E-state index contributed by atoms with van der Waals surface area (Å²) in [7, 11) is 0. The first-order chi connectivity index (χ1) is 11.7. The van der Waals surface area contributed by atoms with Gasteiger partial charge < -0.3 is 10.6 Å². The summed E-state index contributed by atoms with van der Waals surface area (Å²) in [5.74, 6) is 1.27. The van der Waals surface area contributed by atoms with E-state index in [-0.39, 0.29) is 11.8 Å². The topological polar surface area (TPSA) is 44.4 Å². The van der Waals surface area contributed by atoms with Gasteiger partial charge in [-0.25, -0.2) is 0 Å². The normalized spacial score (nSPS) is 20.9. The molecule has 2 saturated heterocycles. The standard InChI is InChI=1S/C20H31N3O/c1-16-7-11-23(12-8-16)15-18-4-2-3-17(13-18)14-22-20(24)19-5-9-21-10-6-19/h2-4,13,16,19,21H,5-12,14-15H2,1H3,(H,22,24). The van der Waals surface area contributed by atoms with Gasteiger partial charge in [-0.2, -0.15) is 0 Å². The highest BCUT2D eigenvalue weighted by atomic mass is 16.1. The van der Waals surface area contributed by atoms with Crippen molar-refractivity contribution >= 4 is 5.91 Å². The third kappa shape index (κ3) is 5.05. The molecule has 0 unspecified atom stereocenters. The maximum absolute atomic E-state index is 12.3. The zero-order valence-electron chi connectivity index (χ0n) is 14.9. The van der Waals surface area contributed by atoms with Crippen LogP contribution in [0.3, 0.4) is 0 Å². The Kier molecular flexibility index (Phi) is 6.27. The van der Waals surface area contributed by atoms with Gasteiger partial charge in [0.15, 0.2) is 0 Å². The first-order valence-corrected chi connectivity index (χ1v) is 9.49. The summed E-state index contributed by atoms with van der Waals surface area (Å²) in [5.41, 5.74) is 2.57. The first kappa shape index (κ1) is 17.4. The van der Waals surface area contributed by atoms with Crippen LogP contribution in [-0.4, -0.2) is 37.0 Å². The molecule has 4 heteroatoms. The van der Waals surface area contributed by atoms with Gasteiger partial charge in [-0.15, -0.1) is 0 Å². The van der Waals surface area contributed by atoms with E-state index in [0.29, 0.717) is 6.54 Å². The lowest BCUT2D eigenvalue weighted by Gasteiger charge is -2.30. The highest BCUT2D eigenvalue weighted by molar-refractivity contribution is 5.78. The summed E-state index contributed by atoms with van der Waals surface area (Å²) < 4.78 is 0. The van der Waals surface area contributed by atoms with Crippen molar-refractivity contribution in [2.45, 2.75) is 45.7 Å². The lowest BCUT2D eigenvalue weighted by Crippen LogP contribution is -2.37. The van der Waals surface area contributed by atoms with E-state index in [2.05, 4.69) is 46.7 Å². The van der Waals surface area contributed by atoms with Crippen molar-refractivity contribution in [3.05, 3.63) is 35.4 Å². The minimum atomic E-state index is 0.185. The molecular weight excluding hydrogens is 298 g/mol. The third-order valence-corrected chi connectivity index (χ3v) is 5.45. The van der Waals surface area contributed by atoms with E-state index in [1.165, 1.54) is 37.1 Å². The predicted octanol–water partition coefficient (Wildman–Crippen LogP) is 2.53. The van der Waals surface area contributed by atoms with Crippen LogP contribution < -0.4 is 10.6 Å². The highest BCUT2D eigenvalue weighted by Crippen LogP contribution is 2.18. The second-order valence-corrected chi connectivity index (χ2v) is 7.52. The van der Waals surface area contributed by atoms with Gasteiger partial charge in [0.25, 0.3) is 0 Å². The van der Waals surface area contributed by atoms with Crippen molar-refractivity contribution in [2.24, 2.45) is 11.8 Å². The van der Waals surface area contributed by atoms with Gasteiger partial charge in [0.1, 0.15) is 0 Å². The van der Waals surface area contributed by atoms with Gasteiger partial charge in [0.05, 0.1) is 0 Å². The minimum Gasteiger partial charge on any atom is -0.352 e. The van der Waals surface area contributed by atoms with Gasteiger partial charge in [-0.3, -0.25) is 9.69 Å². The van der Waals surface area contributed by atoms with Gasteiger partial charge in [-0.05, 0) is 68.9 Å². The fourth-order valence-electron chi connectivity index (χ4n) is 3.73. The Hall–Kier alpha value is -1.39. The monoisotopic (exact) mass is 329 g/mol. The van der Waals surface area contributed by atoms with Crippen LogP contribution in [0.5, 0.6) is 0 Å². The van der Waals surface area contributed by atoms with Crippen LogP contribution in [0.25, 0.3) is 0 Å². The number of benzene rings is 1. The summed E-state index contributed by atoms with van der Waals surface area (Å²) >= 11 is 0. The Balaban J connectivity index is 1.48. The van der Waals surface area contributed by atoms with E-state index in [1.807, 2.05) is 0 Å². The lowest BCUT2D eigenvalue weighted by molar-refractivity contribution is -0.125. The van der Waals surface area contributed by atoms with Crippen LogP contribution in [0.15, 0.2) is 24.3 Å². The average molecular weight is 329 g/mol. The second-order valence-electron chi connectivity index (χ2n) is 7.52. The van der Waals surface area contributed by atoms with E-state index >= 15 is 0 Å². The Bertz CT molecular complexity index is 531. The maximum atomic E-state index is 12.3. The molecule has 0 aliphatic carbocycles. The Labute approximate surface area is 146 Å². The third-order valence-electron chi connectivity index (χ3n) is 5.45. The predicted molar refractivity (Wildman–Crippen MR) is 97.6 cm³/mol. The van der Waals surface area contributed by atoms with Gasteiger partial charge in [0.2, 0.25) is 5.91 Å². The van der Waals surface area contributed by atoms with Crippen molar-refractivity contribution in [3.63, 3.8) is 0 Å². The van der Waals surface area contributed by atoms with Gasteiger partial charge in [0, 0.05) is 19.0 Å². The molecule has 0 radical (unpaired) electrons. The first-order valence-electron chi connectivity index (χ1n) is 9.49. The van der Waals surface area contributed by atoms with Crippen LogP contribution in [0.2, 0.25) is 0 Å². The lowest BCUT2D eigenvalue weighted by atomic mass is 9.97. The minimum absolute atomic E-state index is 0.185. The molecule has 1 amide bonds. The SMILES string of the molecule is CC1CCN(Cc2cccc(CNC(=O)C3CCNCC3)c2)CC1. The number of hydrogen-bond acceptors (Lipinski definition) is 3. The summed E-state index contributed by atoms with van der Waals surface area (Å²) in [5, 5.41) is 6.43. The summed E-state index contributed by atoms with van der Waals surface area (Å²) in [6, 6.07) is 8.69. The zero-order chi connectivity index (χ0) is 16.8. The molecule has 0 bridgehead atoms. The number of likely N-dealkylation sites (tertiary alicyclic amines) is 1. The van der Waals surface area contributed by atoms with E-state index in [0.717, 1.165) is 38.4 Å². The number of carbonyl (C=O) groups is 1. The molecule has 0 atom stereocenters. The number of rotatable bonds is 5. The highest BCUT2D eigenvalue weighted by Gasteiger charge is 2.20. The second kappa shape index (κ2) is 8.63. The molecule has 2 aliphatic rings. The van der Waals surface area contributed by atoms with Crippen LogP contribution in [0, 0.1) is 11.8 Å². The van der Waals surface area contributed by atoms with Crippen molar-refractivity contribution < 1.29 is 4.79 Å². The number of nitrogens with zero attached hydrogens (tertiary/aromatic N) is 1. The maximum Gasteiger partial charge on any atom is 0.223 e. The molecule has 1 aromatic rings. The van der Waals surface area contributed by atoms with E-state index in [9.17, 15) is 4.79 Å². The van der Waals surface area contributed by atoms with Crippen LogP contribution in [-0.2, 0) is 17.9 Å². The van der Waals surface area contributed by atoms with Crippen molar-refractivity contribution in [1.82, 2.24) is 15.5 Å². The van der Waals surface area contributed by atoms with Gasteiger partial charge >= 0.3 is 0 Å². The van der Waals surface area contributed by atoms with Gasteiger partial charge in [-0.1, -0.05) is 31.2 Å². The molecule has 2 fully saturated rings. The molecule has 2 heterocycles. The zero-order valence-corrected chi connectivity index (χ0v) is 14.9. The van der Waals surface area contributed by atoms with Crippen LogP contribution in [0.1, 0.15) is 43.7 Å². The fraction of sp³-hybridized carbons (Fsp3) is 0.650. The van der Waals surface area contributed by atoms with Crippen LogP contribution in [0.4, 0.5) is 0 Å². The van der Waals surface area contributed by atoms with Crippen molar-refractivity contribution in [2.75, 3.05) is 26.2 Å². The molecule has 0 saturated carbocycles. The molecular formula is C20H31N3O. The van der Waals surface area contributed by atoms with Crippen LogP contribution >= 0.6 is 0 Å². The van der Waals surface area contributed by atoms with E-state index < -0.39 is 0 Å². The van der Waals surface area contributed by atoms with E-state index in [1.54, 1.807) is 0 Å². The molecule has 4 nitrogen and oxygen atoms in total. The molecule has 3 rings (SSSR count). The molecule has 0 spiro atoms.